The Morgan fingerprint density at radius 1 is 1.06 bits per heavy atom. The van der Waals surface area contributed by atoms with Crippen LogP contribution in [0.1, 0.15) is 12.0 Å². The van der Waals surface area contributed by atoms with Gasteiger partial charge in [-0.15, -0.1) is 0 Å². The van der Waals surface area contributed by atoms with E-state index in [-0.39, 0.29) is 24.4 Å². The Morgan fingerprint density at radius 3 is 2.44 bits per heavy atom. The molecule has 2 nitrogen and oxygen atoms in total. The Hall–Kier alpha value is -1.38. The van der Waals surface area contributed by atoms with Gasteiger partial charge in [0.15, 0.2) is 5.78 Å². The van der Waals surface area contributed by atoms with Crippen molar-refractivity contribution in [1.82, 2.24) is 0 Å². The van der Waals surface area contributed by atoms with Crippen LogP contribution in [-0.2, 0) is 16.0 Å². The van der Waals surface area contributed by atoms with E-state index in [1.165, 1.54) is 12.2 Å². The van der Waals surface area contributed by atoms with Gasteiger partial charge in [0.1, 0.15) is 5.78 Å². The van der Waals surface area contributed by atoms with E-state index >= 15 is 0 Å². The summed E-state index contributed by atoms with van der Waals surface area (Å²) < 4.78 is 0. The maximum atomic E-state index is 11.8. The lowest BCUT2D eigenvalue weighted by atomic mass is 10.0. The molecule has 0 radical (unpaired) electrons. The summed E-state index contributed by atoms with van der Waals surface area (Å²) in [5.74, 6) is -0.0219. The standard InChI is InChI=1S/C14H10Cl2O2/c15-13-4-2-10(8-14(13)16)7-12(18)6-9-1-3-11(17)5-9/h1-5,8H,6-7H2. The predicted octanol–water partition coefficient (Wildman–Crippen LogP) is 3.56. The third-order valence-corrected chi connectivity index (χ3v) is 3.31. The van der Waals surface area contributed by atoms with Crippen LogP contribution in [0.4, 0.5) is 0 Å². The van der Waals surface area contributed by atoms with Gasteiger partial charge in [-0.1, -0.05) is 35.3 Å². The fraction of sp³-hybridized carbons (Fsp3) is 0.143. The first kappa shape index (κ1) is 13.1. The molecule has 18 heavy (non-hydrogen) atoms. The summed E-state index contributed by atoms with van der Waals surface area (Å²) >= 11 is 11.7. The Labute approximate surface area is 115 Å². The molecule has 0 spiro atoms. The largest absolute Gasteiger partial charge is 0.299 e. The number of halogens is 2. The Bertz CT molecular complexity index is 571. The van der Waals surface area contributed by atoms with Gasteiger partial charge >= 0.3 is 0 Å². The second-order valence-electron chi connectivity index (χ2n) is 4.10. The molecule has 92 valence electrons. The average molecular weight is 281 g/mol. The second-order valence-corrected chi connectivity index (χ2v) is 4.91. The number of carbonyl (C=O) groups is 2. The van der Waals surface area contributed by atoms with Gasteiger partial charge < -0.3 is 0 Å². The molecule has 1 aliphatic rings. The highest BCUT2D eigenvalue weighted by atomic mass is 35.5. The van der Waals surface area contributed by atoms with Gasteiger partial charge in [0.2, 0.25) is 0 Å². The van der Waals surface area contributed by atoms with Gasteiger partial charge in [-0.05, 0) is 35.4 Å². The van der Waals surface area contributed by atoms with Gasteiger partial charge in [-0.25, -0.2) is 0 Å². The van der Waals surface area contributed by atoms with Crippen LogP contribution in [0.5, 0.6) is 0 Å². The Balaban J connectivity index is 1.99. The van der Waals surface area contributed by atoms with Gasteiger partial charge in [-0.3, -0.25) is 9.59 Å². The molecule has 1 aliphatic carbocycles. The van der Waals surface area contributed by atoms with Crippen molar-refractivity contribution in [3.8, 4) is 0 Å². The molecule has 0 heterocycles. The number of hydrogen-bond acceptors (Lipinski definition) is 2. The van der Waals surface area contributed by atoms with Crippen LogP contribution in [0.2, 0.25) is 10.0 Å². The van der Waals surface area contributed by atoms with E-state index in [2.05, 4.69) is 0 Å². The molecule has 0 aliphatic heterocycles. The second kappa shape index (κ2) is 5.51. The van der Waals surface area contributed by atoms with E-state index < -0.39 is 0 Å². The monoisotopic (exact) mass is 280 g/mol. The molecule has 0 saturated carbocycles. The van der Waals surface area contributed by atoms with Crippen LogP contribution in [0.25, 0.3) is 0 Å². The molecule has 1 aromatic rings. The smallest absolute Gasteiger partial charge is 0.178 e. The topological polar surface area (TPSA) is 34.1 Å². The molecule has 0 N–H and O–H groups in total. The fourth-order valence-electron chi connectivity index (χ4n) is 1.75. The average Bonchev–Trinajstić information content (AvgIpc) is 2.69. The third-order valence-electron chi connectivity index (χ3n) is 2.58. The molecule has 4 heteroatoms. The zero-order chi connectivity index (χ0) is 13.1. The molecule has 0 unspecified atom stereocenters. The first-order valence-corrected chi connectivity index (χ1v) is 6.18. The molecule has 0 saturated heterocycles. The molecular weight excluding hydrogens is 271 g/mol. The number of hydrogen-bond donors (Lipinski definition) is 0. The van der Waals surface area contributed by atoms with Crippen molar-refractivity contribution < 1.29 is 9.59 Å². The third kappa shape index (κ3) is 3.31. The highest BCUT2D eigenvalue weighted by Crippen LogP contribution is 2.23. The minimum absolute atomic E-state index is 0.0407. The number of ketones is 2. The van der Waals surface area contributed by atoms with Crippen LogP contribution in [0.15, 0.2) is 42.0 Å². The molecule has 2 rings (SSSR count). The molecule has 0 bridgehead atoms. The zero-order valence-electron chi connectivity index (χ0n) is 9.45. The van der Waals surface area contributed by atoms with Crippen LogP contribution in [0, 0.1) is 0 Å². The number of rotatable bonds is 4. The number of Topliss-reactive ketones (excluding diaryl/α,β-unsaturated/α-hetero) is 1. The van der Waals surface area contributed by atoms with Crippen molar-refractivity contribution in [3.63, 3.8) is 0 Å². The van der Waals surface area contributed by atoms with Gasteiger partial charge in [0, 0.05) is 12.8 Å². The molecule has 0 amide bonds. The van der Waals surface area contributed by atoms with E-state index in [4.69, 9.17) is 23.2 Å². The highest BCUT2D eigenvalue weighted by Gasteiger charge is 2.11. The minimum atomic E-state index is -0.0627. The summed E-state index contributed by atoms with van der Waals surface area (Å²) in [6.07, 6.45) is 5.17. The maximum Gasteiger partial charge on any atom is 0.178 e. The van der Waals surface area contributed by atoms with Crippen LogP contribution in [0.3, 0.4) is 0 Å². The van der Waals surface area contributed by atoms with Gasteiger partial charge in [-0.2, -0.15) is 0 Å². The van der Waals surface area contributed by atoms with Crippen molar-refractivity contribution >= 4 is 34.8 Å². The Kier molecular flexibility index (Phi) is 4.00. The van der Waals surface area contributed by atoms with Crippen molar-refractivity contribution in [3.05, 3.63) is 57.6 Å². The van der Waals surface area contributed by atoms with E-state index in [0.717, 1.165) is 11.1 Å². The highest BCUT2D eigenvalue weighted by molar-refractivity contribution is 6.42. The molecule has 0 atom stereocenters. The summed E-state index contributed by atoms with van der Waals surface area (Å²) in [6, 6.07) is 5.13. The summed E-state index contributed by atoms with van der Waals surface area (Å²) in [5.41, 5.74) is 1.58. The van der Waals surface area contributed by atoms with E-state index in [9.17, 15) is 9.59 Å². The number of allylic oxidation sites excluding steroid dienone is 4. The molecule has 0 aromatic heterocycles. The Morgan fingerprint density at radius 2 is 1.83 bits per heavy atom. The predicted molar refractivity (Wildman–Crippen MR) is 72.0 cm³/mol. The number of carbonyl (C=O) groups excluding carboxylic acids is 2. The minimum Gasteiger partial charge on any atom is -0.299 e. The SMILES string of the molecule is O=C1C=CC(CC(=O)Cc2ccc(Cl)c(Cl)c2)=C1. The quantitative estimate of drug-likeness (QED) is 0.845. The van der Waals surface area contributed by atoms with Crippen molar-refractivity contribution in [2.24, 2.45) is 0 Å². The molecule has 1 aromatic carbocycles. The normalized spacial score (nSPS) is 13.9. The zero-order valence-corrected chi connectivity index (χ0v) is 11.0. The van der Waals surface area contributed by atoms with Crippen LogP contribution in [-0.4, -0.2) is 11.6 Å². The van der Waals surface area contributed by atoms with Crippen molar-refractivity contribution in [1.29, 1.82) is 0 Å². The first-order valence-electron chi connectivity index (χ1n) is 5.43. The summed E-state index contributed by atoms with van der Waals surface area (Å²) in [6.45, 7) is 0. The van der Waals surface area contributed by atoms with Gasteiger partial charge in [0.05, 0.1) is 10.0 Å². The molecule has 0 fully saturated rings. The molecular formula is C14H10Cl2O2. The van der Waals surface area contributed by atoms with E-state index in [1.807, 2.05) is 0 Å². The van der Waals surface area contributed by atoms with E-state index in [1.54, 1.807) is 24.3 Å². The lowest BCUT2D eigenvalue weighted by molar-refractivity contribution is -0.117. The van der Waals surface area contributed by atoms with Crippen LogP contribution >= 0.6 is 23.2 Å². The van der Waals surface area contributed by atoms with Crippen molar-refractivity contribution in [2.75, 3.05) is 0 Å². The first-order chi connectivity index (χ1) is 8.54. The summed E-state index contributed by atoms with van der Waals surface area (Å²) in [5, 5.41) is 0.914. The summed E-state index contributed by atoms with van der Waals surface area (Å²) in [7, 11) is 0. The lowest BCUT2D eigenvalue weighted by Crippen LogP contribution is -2.03. The summed E-state index contributed by atoms with van der Waals surface area (Å²) in [4.78, 5) is 22.8. The van der Waals surface area contributed by atoms with Gasteiger partial charge in [0.25, 0.3) is 0 Å². The van der Waals surface area contributed by atoms with E-state index in [0.29, 0.717) is 10.0 Å². The maximum absolute atomic E-state index is 11.8. The van der Waals surface area contributed by atoms with Crippen molar-refractivity contribution in [2.45, 2.75) is 12.8 Å². The lowest BCUT2D eigenvalue weighted by Gasteiger charge is -2.03. The number of benzene rings is 1. The fourth-order valence-corrected chi connectivity index (χ4v) is 2.07. The van der Waals surface area contributed by atoms with Crippen LogP contribution < -0.4 is 0 Å².